The van der Waals surface area contributed by atoms with Crippen molar-refractivity contribution >= 4 is 17.2 Å². The number of halogens is 3. The third-order valence-corrected chi connectivity index (χ3v) is 5.52. The highest BCUT2D eigenvalue weighted by Gasteiger charge is 2.41. The van der Waals surface area contributed by atoms with Crippen LogP contribution in [0.1, 0.15) is 37.9 Å². The molecule has 5 rings (SSSR count). The van der Waals surface area contributed by atoms with Gasteiger partial charge in [0, 0.05) is 24.4 Å². The summed E-state index contributed by atoms with van der Waals surface area (Å²) in [6.45, 7) is 1.90. The van der Waals surface area contributed by atoms with Crippen LogP contribution in [-0.2, 0) is 0 Å². The molecule has 2 N–H and O–H groups in total. The lowest BCUT2D eigenvalue weighted by Crippen LogP contribution is -2.33. The van der Waals surface area contributed by atoms with Gasteiger partial charge in [0.15, 0.2) is 11.6 Å². The molecule has 3 aliphatic rings. The summed E-state index contributed by atoms with van der Waals surface area (Å²) in [7, 11) is 0. The van der Waals surface area contributed by atoms with Crippen molar-refractivity contribution in [1.29, 1.82) is 0 Å². The third kappa shape index (κ3) is 3.08. The molecule has 0 radical (unpaired) electrons. The zero-order chi connectivity index (χ0) is 19.5. The fraction of sp³-hybridized carbons (Fsp3) is 0.474. The van der Waals surface area contributed by atoms with Crippen molar-refractivity contribution in [1.82, 2.24) is 20.4 Å². The van der Waals surface area contributed by atoms with Crippen LogP contribution in [0.2, 0.25) is 0 Å². The van der Waals surface area contributed by atoms with E-state index in [1.54, 1.807) is 17.0 Å². The van der Waals surface area contributed by atoms with Gasteiger partial charge in [0.1, 0.15) is 17.5 Å². The summed E-state index contributed by atoms with van der Waals surface area (Å²) in [6.07, 6.45) is 4.90. The molecular formula is C19H20F3N5O. The van der Waals surface area contributed by atoms with Gasteiger partial charge in [0.25, 0.3) is 5.92 Å². The zero-order valence-corrected chi connectivity index (χ0v) is 15.3. The minimum atomic E-state index is -2.68. The Morgan fingerprint density at radius 2 is 2.07 bits per heavy atom. The summed E-state index contributed by atoms with van der Waals surface area (Å²) in [4.78, 5) is 6.00. The quantitative estimate of drug-likeness (QED) is 0.838. The molecule has 0 amide bonds. The highest BCUT2D eigenvalue weighted by Crippen LogP contribution is 2.41. The first kappa shape index (κ1) is 17.4. The van der Waals surface area contributed by atoms with E-state index in [-0.39, 0.29) is 30.9 Å². The van der Waals surface area contributed by atoms with E-state index >= 15 is 0 Å². The van der Waals surface area contributed by atoms with Crippen molar-refractivity contribution in [3.63, 3.8) is 0 Å². The molecule has 2 aromatic rings. The van der Waals surface area contributed by atoms with Crippen LogP contribution in [0.4, 0.5) is 13.2 Å². The minimum absolute atomic E-state index is 0.167. The highest BCUT2D eigenvalue weighted by molar-refractivity contribution is 5.84. The van der Waals surface area contributed by atoms with Crippen LogP contribution in [-0.4, -0.2) is 46.0 Å². The number of nitrogens with zero attached hydrogens (tertiary/aromatic N) is 3. The van der Waals surface area contributed by atoms with Gasteiger partial charge in [-0.05, 0) is 31.9 Å². The largest absolute Gasteiger partial charge is 0.484 e. The number of H-pyrrole nitrogens is 1. The molecule has 1 atom stereocenters. The molecule has 1 aliphatic carbocycles. The van der Waals surface area contributed by atoms with Crippen LogP contribution in [0.5, 0.6) is 5.75 Å². The number of fused-ring (bicyclic) bond motifs is 1. The molecule has 148 valence electrons. The lowest BCUT2D eigenvalue weighted by Gasteiger charge is -2.25. The Kier molecular flexibility index (Phi) is 3.66. The van der Waals surface area contributed by atoms with E-state index in [0.717, 1.165) is 12.8 Å². The first-order valence-electron chi connectivity index (χ1n) is 9.31. The van der Waals surface area contributed by atoms with Crippen molar-refractivity contribution in [2.45, 2.75) is 43.8 Å². The Morgan fingerprint density at radius 3 is 2.79 bits per heavy atom. The number of rotatable bonds is 4. The van der Waals surface area contributed by atoms with Gasteiger partial charge < -0.3 is 15.0 Å². The van der Waals surface area contributed by atoms with Gasteiger partial charge >= 0.3 is 0 Å². The fourth-order valence-corrected chi connectivity index (χ4v) is 3.60. The summed E-state index contributed by atoms with van der Waals surface area (Å²) in [5, 5.41) is 10.7. The number of hydrogen-bond donors (Lipinski definition) is 2. The number of ether oxygens (including phenoxy) is 1. The maximum atomic E-state index is 14.4. The number of nitrogens with one attached hydrogen (secondary N) is 2. The Balaban J connectivity index is 1.47. The van der Waals surface area contributed by atoms with Gasteiger partial charge in [0.05, 0.1) is 24.1 Å². The van der Waals surface area contributed by atoms with Crippen molar-refractivity contribution < 1.29 is 17.9 Å². The second-order valence-electron chi connectivity index (χ2n) is 7.94. The molecule has 3 heterocycles. The zero-order valence-electron chi connectivity index (χ0n) is 15.3. The number of aliphatic imine (C=N–C) groups is 1. The molecule has 2 fully saturated rings. The topological polar surface area (TPSA) is 65.5 Å². The predicted octanol–water partition coefficient (Wildman–Crippen LogP) is 3.49. The number of hydrogen-bond acceptors (Lipinski definition) is 5. The molecule has 6 nitrogen and oxygen atoms in total. The lowest BCUT2D eigenvalue weighted by molar-refractivity contribution is 0.0147. The number of aromatic nitrogens is 2. The number of aromatic amines is 1. The number of benzene rings is 1. The Morgan fingerprint density at radius 1 is 1.25 bits per heavy atom. The van der Waals surface area contributed by atoms with Crippen LogP contribution >= 0.6 is 0 Å². The summed E-state index contributed by atoms with van der Waals surface area (Å²) in [5.41, 5.74) is 0.832. The fourth-order valence-electron chi connectivity index (χ4n) is 3.60. The van der Waals surface area contributed by atoms with E-state index in [1.807, 2.05) is 6.92 Å². The summed E-state index contributed by atoms with van der Waals surface area (Å²) < 4.78 is 47.3. The number of alkyl halides is 2. The molecular weight excluding hydrogens is 371 g/mol. The normalized spacial score (nSPS) is 24.9. The molecule has 1 saturated carbocycles. The van der Waals surface area contributed by atoms with E-state index in [0.29, 0.717) is 22.4 Å². The summed E-state index contributed by atoms with van der Waals surface area (Å²) in [5.74, 6) is -2.36. The van der Waals surface area contributed by atoms with E-state index < -0.39 is 17.8 Å². The monoisotopic (exact) mass is 391 g/mol. The van der Waals surface area contributed by atoms with Gasteiger partial charge in [-0.15, -0.1) is 0 Å². The average Bonchev–Trinajstić information content (AvgIpc) is 3.07. The first-order chi connectivity index (χ1) is 13.3. The average molecular weight is 391 g/mol. The minimum Gasteiger partial charge on any atom is -0.484 e. The summed E-state index contributed by atoms with van der Waals surface area (Å²) >= 11 is 0. The molecule has 1 aromatic carbocycles. The molecule has 1 saturated heterocycles. The van der Waals surface area contributed by atoms with Gasteiger partial charge in [-0.25, -0.2) is 13.2 Å². The number of likely N-dealkylation sites (tertiary alicyclic amines) is 1. The SMILES string of the molecule is CC1(Oc2cc3c([C@H]4C=C(N5CCC(F)(F)C5)NC=N4)[nH]nc3cc2F)CC1. The van der Waals surface area contributed by atoms with Gasteiger partial charge in [-0.3, -0.25) is 10.1 Å². The molecule has 0 bridgehead atoms. The van der Waals surface area contributed by atoms with E-state index in [2.05, 4.69) is 20.5 Å². The second-order valence-corrected chi connectivity index (χ2v) is 7.94. The molecule has 0 spiro atoms. The van der Waals surface area contributed by atoms with Crippen LogP contribution in [0.15, 0.2) is 29.0 Å². The predicted molar refractivity (Wildman–Crippen MR) is 97.9 cm³/mol. The summed E-state index contributed by atoms with van der Waals surface area (Å²) in [6, 6.07) is 2.54. The Bertz CT molecular complexity index is 995. The van der Waals surface area contributed by atoms with Gasteiger partial charge in [0.2, 0.25) is 0 Å². The van der Waals surface area contributed by atoms with E-state index in [9.17, 15) is 13.2 Å². The smallest absolute Gasteiger partial charge is 0.266 e. The van der Waals surface area contributed by atoms with Crippen molar-refractivity contribution in [2.24, 2.45) is 4.99 Å². The van der Waals surface area contributed by atoms with Crippen molar-refractivity contribution in [2.75, 3.05) is 13.1 Å². The van der Waals surface area contributed by atoms with Gasteiger partial charge in [-0.2, -0.15) is 5.10 Å². The molecule has 2 aliphatic heterocycles. The second kappa shape index (κ2) is 5.89. The Hall–Kier alpha value is -2.71. The van der Waals surface area contributed by atoms with Crippen LogP contribution in [0.25, 0.3) is 10.9 Å². The molecule has 28 heavy (non-hydrogen) atoms. The molecule has 0 unspecified atom stereocenters. The van der Waals surface area contributed by atoms with Crippen LogP contribution in [0, 0.1) is 5.82 Å². The first-order valence-corrected chi connectivity index (χ1v) is 9.31. The van der Waals surface area contributed by atoms with Crippen LogP contribution < -0.4 is 10.1 Å². The maximum Gasteiger partial charge on any atom is 0.266 e. The lowest BCUT2D eigenvalue weighted by atomic mass is 10.1. The van der Waals surface area contributed by atoms with Crippen LogP contribution in [0.3, 0.4) is 0 Å². The standard InChI is InChI=1S/C19H20F3N5O/c1-18(2-3-18)28-15-6-11-13(7-12(15)20)25-26-17(11)14-8-16(24-10-23-14)27-5-4-19(21,22)9-27/h6-8,10,14H,2-5,9H2,1H3,(H,23,24)(H,25,26)/t14-/m1/s1. The highest BCUT2D eigenvalue weighted by atomic mass is 19.3. The molecule has 1 aromatic heterocycles. The maximum absolute atomic E-state index is 14.4. The van der Waals surface area contributed by atoms with E-state index in [1.165, 1.54) is 12.4 Å². The van der Waals surface area contributed by atoms with Crippen molar-refractivity contribution in [3.8, 4) is 5.75 Å². The Labute approximate surface area is 159 Å². The van der Waals surface area contributed by atoms with E-state index in [4.69, 9.17) is 4.74 Å². The third-order valence-electron chi connectivity index (χ3n) is 5.52. The van der Waals surface area contributed by atoms with Crippen molar-refractivity contribution in [3.05, 3.63) is 35.5 Å². The van der Waals surface area contributed by atoms with Gasteiger partial charge in [-0.1, -0.05) is 0 Å². The molecule has 9 heteroatoms.